The molecule has 1 aliphatic carbocycles. The van der Waals surface area contributed by atoms with Gasteiger partial charge in [-0.1, -0.05) is 29.8 Å². The van der Waals surface area contributed by atoms with Crippen LogP contribution in [0, 0.1) is 0 Å². The lowest BCUT2D eigenvalue weighted by molar-refractivity contribution is 0.227. The summed E-state index contributed by atoms with van der Waals surface area (Å²) >= 11 is 6.21. The van der Waals surface area contributed by atoms with Gasteiger partial charge in [0.15, 0.2) is 9.84 Å². The molecule has 1 saturated heterocycles. The van der Waals surface area contributed by atoms with E-state index in [1.54, 1.807) is 0 Å². The first kappa shape index (κ1) is 14.4. The van der Waals surface area contributed by atoms with E-state index in [1.165, 1.54) is 5.56 Å². The Kier molecular flexibility index (Phi) is 3.59. The summed E-state index contributed by atoms with van der Waals surface area (Å²) < 4.78 is 23.2. The van der Waals surface area contributed by atoms with E-state index in [1.807, 2.05) is 25.1 Å². The fraction of sp³-hybridized carbons (Fsp3) is 0.600. The van der Waals surface area contributed by atoms with Gasteiger partial charge in [-0.3, -0.25) is 0 Å². The highest BCUT2D eigenvalue weighted by molar-refractivity contribution is 7.91. The Hall–Kier alpha value is -0.580. The standard InChI is InChI=1S/C15H20ClNO2S/c1-15(6-7-20(18,19)10-15)17-12-8-11(9-12)13-4-2-3-5-14(13)16/h2-5,11-12,17H,6-10H2,1H3. The minimum Gasteiger partial charge on any atom is -0.308 e. The normalized spacial score (nSPS) is 35.7. The zero-order chi connectivity index (χ0) is 14.4. The van der Waals surface area contributed by atoms with Gasteiger partial charge in [0, 0.05) is 16.6 Å². The van der Waals surface area contributed by atoms with Gasteiger partial charge in [-0.15, -0.1) is 0 Å². The van der Waals surface area contributed by atoms with Crippen molar-refractivity contribution in [2.24, 2.45) is 0 Å². The quantitative estimate of drug-likeness (QED) is 0.933. The Labute approximate surface area is 125 Å². The number of hydrogen-bond acceptors (Lipinski definition) is 3. The summed E-state index contributed by atoms with van der Waals surface area (Å²) in [5.74, 6) is 1.09. The van der Waals surface area contributed by atoms with Crippen LogP contribution in [0.2, 0.25) is 5.02 Å². The molecule has 2 fully saturated rings. The zero-order valence-corrected chi connectivity index (χ0v) is 13.2. The largest absolute Gasteiger partial charge is 0.308 e. The van der Waals surface area contributed by atoms with Crippen LogP contribution in [0.25, 0.3) is 0 Å². The summed E-state index contributed by atoms with van der Waals surface area (Å²) in [5, 5.41) is 4.38. The van der Waals surface area contributed by atoms with Crippen LogP contribution in [0.4, 0.5) is 0 Å². The lowest BCUT2D eigenvalue weighted by Gasteiger charge is -2.41. The molecule has 1 aliphatic heterocycles. The van der Waals surface area contributed by atoms with Crippen LogP contribution >= 0.6 is 11.6 Å². The Morgan fingerprint density at radius 3 is 2.60 bits per heavy atom. The molecule has 20 heavy (non-hydrogen) atoms. The van der Waals surface area contributed by atoms with Gasteiger partial charge in [0.25, 0.3) is 0 Å². The Bertz CT molecular complexity index is 610. The van der Waals surface area contributed by atoms with Gasteiger partial charge in [-0.05, 0) is 43.7 Å². The van der Waals surface area contributed by atoms with E-state index < -0.39 is 9.84 Å². The number of nitrogens with one attached hydrogen (secondary N) is 1. The molecule has 3 nitrogen and oxygen atoms in total. The number of benzene rings is 1. The van der Waals surface area contributed by atoms with Crippen molar-refractivity contribution in [2.45, 2.75) is 43.7 Å². The molecule has 1 saturated carbocycles. The third-order valence-electron chi connectivity index (χ3n) is 4.54. The first-order valence-electron chi connectivity index (χ1n) is 7.09. The maximum atomic E-state index is 11.6. The Balaban J connectivity index is 1.58. The molecule has 1 unspecified atom stereocenters. The minimum absolute atomic E-state index is 0.241. The molecule has 1 heterocycles. The molecule has 3 rings (SSSR count). The molecule has 1 atom stereocenters. The van der Waals surface area contributed by atoms with Crippen molar-refractivity contribution in [3.8, 4) is 0 Å². The summed E-state index contributed by atoms with van der Waals surface area (Å²) in [4.78, 5) is 0. The van der Waals surface area contributed by atoms with Crippen LogP contribution in [0.5, 0.6) is 0 Å². The molecule has 5 heteroatoms. The molecule has 0 bridgehead atoms. The van der Waals surface area contributed by atoms with E-state index >= 15 is 0 Å². The molecule has 0 radical (unpaired) electrons. The van der Waals surface area contributed by atoms with Crippen molar-refractivity contribution in [3.63, 3.8) is 0 Å². The Morgan fingerprint density at radius 1 is 1.30 bits per heavy atom. The first-order valence-corrected chi connectivity index (χ1v) is 9.29. The molecule has 1 aromatic carbocycles. The summed E-state index contributed by atoms with van der Waals surface area (Å²) in [6, 6.07) is 8.40. The summed E-state index contributed by atoms with van der Waals surface area (Å²) in [6.07, 6.45) is 2.81. The van der Waals surface area contributed by atoms with Gasteiger partial charge in [0.2, 0.25) is 0 Å². The van der Waals surface area contributed by atoms with Gasteiger partial charge in [-0.25, -0.2) is 8.42 Å². The van der Waals surface area contributed by atoms with Crippen LogP contribution < -0.4 is 5.32 Å². The van der Waals surface area contributed by atoms with Crippen molar-refractivity contribution in [1.82, 2.24) is 5.32 Å². The maximum absolute atomic E-state index is 11.6. The minimum atomic E-state index is -2.84. The number of sulfone groups is 1. The van der Waals surface area contributed by atoms with Crippen molar-refractivity contribution in [3.05, 3.63) is 34.9 Å². The highest BCUT2D eigenvalue weighted by Crippen LogP contribution is 2.41. The van der Waals surface area contributed by atoms with Crippen molar-refractivity contribution in [1.29, 1.82) is 0 Å². The fourth-order valence-corrected chi connectivity index (χ4v) is 5.81. The molecule has 0 amide bonds. The number of halogens is 1. The Morgan fingerprint density at radius 2 is 2.00 bits per heavy atom. The zero-order valence-electron chi connectivity index (χ0n) is 11.6. The second kappa shape index (κ2) is 5.00. The molecule has 2 aliphatic rings. The van der Waals surface area contributed by atoms with E-state index in [0.717, 1.165) is 24.3 Å². The monoisotopic (exact) mass is 313 g/mol. The smallest absolute Gasteiger partial charge is 0.152 e. The maximum Gasteiger partial charge on any atom is 0.152 e. The molecular formula is C15H20ClNO2S. The molecule has 0 aromatic heterocycles. The van der Waals surface area contributed by atoms with Gasteiger partial charge in [0.1, 0.15) is 0 Å². The van der Waals surface area contributed by atoms with E-state index in [-0.39, 0.29) is 11.3 Å². The summed E-state index contributed by atoms with van der Waals surface area (Å²) in [5.41, 5.74) is 0.978. The van der Waals surface area contributed by atoms with Crippen molar-refractivity contribution < 1.29 is 8.42 Å². The number of hydrogen-bond donors (Lipinski definition) is 1. The third kappa shape index (κ3) is 2.87. The summed E-state index contributed by atoms with van der Waals surface area (Å²) in [7, 11) is -2.84. The van der Waals surface area contributed by atoms with Crippen LogP contribution in [-0.4, -0.2) is 31.5 Å². The predicted molar refractivity (Wildman–Crippen MR) is 82.0 cm³/mol. The van der Waals surface area contributed by atoms with Crippen molar-refractivity contribution >= 4 is 21.4 Å². The number of rotatable bonds is 3. The molecular weight excluding hydrogens is 294 g/mol. The summed E-state index contributed by atoms with van der Waals surface area (Å²) in [6.45, 7) is 2.03. The highest BCUT2D eigenvalue weighted by Gasteiger charge is 2.42. The van der Waals surface area contributed by atoms with Gasteiger partial charge < -0.3 is 5.32 Å². The molecule has 0 spiro atoms. The van der Waals surface area contributed by atoms with Crippen LogP contribution in [0.15, 0.2) is 24.3 Å². The van der Waals surface area contributed by atoms with Crippen molar-refractivity contribution in [2.75, 3.05) is 11.5 Å². The average Bonchev–Trinajstić information content (AvgIpc) is 2.59. The van der Waals surface area contributed by atoms with E-state index in [2.05, 4.69) is 11.4 Å². The second-order valence-electron chi connectivity index (χ2n) is 6.43. The van der Waals surface area contributed by atoms with Gasteiger partial charge in [-0.2, -0.15) is 0 Å². The van der Waals surface area contributed by atoms with E-state index in [0.29, 0.717) is 17.7 Å². The third-order valence-corrected chi connectivity index (χ3v) is 6.79. The molecule has 1 N–H and O–H groups in total. The second-order valence-corrected chi connectivity index (χ2v) is 9.03. The van der Waals surface area contributed by atoms with Crippen LogP contribution in [-0.2, 0) is 9.84 Å². The lowest BCUT2D eigenvalue weighted by Crippen LogP contribution is -2.53. The fourth-order valence-electron chi connectivity index (χ4n) is 3.41. The van der Waals surface area contributed by atoms with Gasteiger partial charge >= 0.3 is 0 Å². The van der Waals surface area contributed by atoms with Crippen LogP contribution in [0.1, 0.15) is 37.7 Å². The SMILES string of the molecule is CC1(NC2CC(c3ccccc3Cl)C2)CCS(=O)(=O)C1. The highest BCUT2D eigenvalue weighted by atomic mass is 35.5. The molecule has 110 valence electrons. The molecule has 1 aromatic rings. The van der Waals surface area contributed by atoms with Crippen LogP contribution in [0.3, 0.4) is 0 Å². The van der Waals surface area contributed by atoms with E-state index in [4.69, 9.17) is 11.6 Å². The first-order chi connectivity index (χ1) is 9.37. The topological polar surface area (TPSA) is 46.2 Å². The van der Waals surface area contributed by atoms with Gasteiger partial charge in [0.05, 0.1) is 11.5 Å². The lowest BCUT2D eigenvalue weighted by atomic mass is 9.75. The van der Waals surface area contributed by atoms with E-state index in [9.17, 15) is 8.42 Å². The average molecular weight is 314 g/mol. The predicted octanol–water partition coefficient (Wildman–Crippen LogP) is 2.75.